The fourth-order valence-corrected chi connectivity index (χ4v) is 2.94. The molecular weight excluding hydrogens is 392 g/mol. The Bertz CT molecular complexity index is 793. The lowest BCUT2D eigenvalue weighted by Crippen LogP contribution is -2.43. The van der Waals surface area contributed by atoms with Gasteiger partial charge in [-0.25, -0.2) is 4.79 Å². The number of hydrogen-bond donors (Lipinski definition) is 1. The van der Waals surface area contributed by atoms with Gasteiger partial charge in [-0.05, 0) is 45.7 Å². The molecular formula is C21H28N2O7. The Hall–Kier alpha value is -3.10. The summed E-state index contributed by atoms with van der Waals surface area (Å²) in [5.41, 5.74) is -0.379. The number of benzene rings is 1. The first-order valence-electron chi connectivity index (χ1n) is 9.72. The van der Waals surface area contributed by atoms with Crippen molar-refractivity contribution in [2.24, 2.45) is 5.92 Å². The Morgan fingerprint density at radius 2 is 1.73 bits per heavy atom. The minimum Gasteiger partial charge on any atom is -0.496 e. The average molecular weight is 420 g/mol. The Morgan fingerprint density at radius 1 is 1.10 bits per heavy atom. The van der Waals surface area contributed by atoms with Gasteiger partial charge in [-0.15, -0.1) is 0 Å². The summed E-state index contributed by atoms with van der Waals surface area (Å²) in [4.78, 5) is 50.0. The van der Waals surface area contributed by atoms with Crippen LogP contribution >= 0.6 is 0 Å². The summed E-state index contributed by atoms with van der Waals surface area (Å²) in [6, 6.07) is 6.47. The second-order valence-electron chi connectivity index (χ2n) is 7.93. The number of esters is 1. The molecule has 3 amide bonds. The number of nitrogens with zero attached hydrogens (tertiary/aromatic N) is 1. The lowest BCUT2D eigenvalue weighted by atomic mass is 9.97. The molecule has 0 aromatic heterocycles. The van der Waals surface area contributed by atoms with E-state index < -0.39 is 42.0 Å². The van der Waals surface area contributed by atoms with Crippen LogP contribution in [0.5, 0.6) is 5.75 Å². The molecule has 9 nitrogen and oxygen atoms in total. The molecule has 30 heavy (non-hydrogen) atoms. The van der Waals surface area contributed by atoms with Crippen molar-refractivity contribution in [1.29, 1.82) is 0 Å². The topological polar surface area (TPSA) is 111 Å². The van der Waals surface area contributed by atoms with Crippen molar-refractivity contribution < 1.29 is 33.4 Å². The highest BCUT2D eigenvalue weighted by molar-refractivity contribution is 6.06. The van der Waals surface area contributed by atoms with Gasteiger partial charge in [0, 0.05) is 13.1 Å². The summed E-state index contributed by atoms with van der Waals surface area (Å²) in [6.45, 7) is 5.54. The van der Waals surface area contributed by atoms with Crippen LogP contribution in [0.3, 0.4) is 0 Å². The molecule has 0 aliphatic carbocycles. The highest BCUT2D eigenvalue weighted by atomic mass is 16.6. The first kappa shape index (κ1) is 23.2. The number of piperidine rings is 1. The van der Waals surface area contributed by atoms with E-state index in [1.54, 1.807) is 43.9 Å². The molecule has 0 bridgehead atoms. The van der Waals surface area contributed by atoms with Gasteiger partial charge in [0.15, 0.2) is 6.61 Å². The van der Waals surface area contributed by atoms with Crippen LogP contribution in [0.15, 0.2) is 24.3 Å². The van der Waals surface area contributed by atoms with Crippen LogP contribution in [-0.4, -0.2) is 61.2 Å². The SMILES string of the molecule is COc1ccccc1C(=O)NC(=O)COC(=O)C1CCN(C(=O)OC(C)(C)C)CC1. The lowest BCUT2D eigenvalue weighted by molar-refractivity contribution is -0.153. The van der Waals surface area contributed by atoms with Gasteiger partial charge in [-0.1, -0.05) is 12.1 Å². The summed E-state index contributed by atoms with van der Waals surface area (Å²) in [7, 11) is 1.42. The van der Waals surface area contributed by atoms with Crippen molar-refractivity contribution in [3.63, 3.8) is 0 Å². The number of amides is 3. The van der Waals surface area contributed by atoms with Crippen LogP contribution in [0, 0.1) is 5.92 Å². The van der Waals surface area contributed by atoms with E-state index in [1.807, 2.05) is 0 Å². The molecule has 1 aliphatic rings. The first-order valence-corrected chi connectivity index (χ1v) is 9.72. The monoisotopic (exact) mass is 420 g/mol. The van der Waals surface area contributed by atoms with Gasteiger partial charge in [0.1, 0.15) is 11.4 Å². The zero-order valence-electron chi connectivity index (χ0n) is 17.7. The number of carbonyl (C=O) groups excluding carboxylic acids is 4. The molecule has 0 saturated carbocycles. The van der Waals surface area contributed by atoms with E-state index in [0.29, 0.717) is 31.7 Å². The van der Waals surface area contributed by atoms with E-state index in [-0.39, 0.29) is 5.56 Å². The van der Waals surface area contributed by atoms with Crippen molar-refractivity contribution in [2.45, 2.75) is 39.2 Å². The Balaban J connectivity index is 1.76. The van der Waals surface area contributed by atoms with Gasteiger partial charge >= 0.3 is 12.1 Å². The Morgan fingerprint density at radius 3 is 2.33 bits per heavy atom. The quantitative estimate of drug-likeness (QED) is 0.727. The van der Waals surface area contributed by atoms with Gasteiger partial charge < -0.3 is 19.1 Å². The van der Waals surface area contributed by atoms with Crippen molar-refractivity contribution in [1.82, 2.24) is 10.2 Å². The molecule has 1 saturated heterocycles. The number of likely N-dealkylation sites (tertiary alicyclic amines) is 1. The van der Waals surface area contributed by atoms with Gasteiger partial charge in [0.05, 0.1) is 18.6 Å². The standard InChI is InChI=1S/C21H28N2O7/c1-21(2,3)30-20(27)23-11-9-14(10-12-23)19(26)29-13-17(24)22-18(25)15-7-5-6-8-16(15)28-4/h5-8,14H,9-13H2,1-4H3,(H,22,24,25). The van der Waals surface area contributed by atoms with Gasteiger partial charge in [-0.3, -0.25) is 19.7 Å². The zero-order valence-corrected chi connectivity index (χ0v) is 17.7. The van der Waals surface area contributed by atoms with E-state index in [0.717, 1.165) is 0 Å². The fourth-order valence-electron chi connectivity index (χ4n) is 2.94. The molecule has 0 unspecified atom stereocenters. The highest BCUT2D eigenvalue weighted by Crippen LogP contribution is 2.21. The molecule has 164 valence electrons. The molecule has 1 N–H and O–H groups in total. The second kappa shape index (κ2) is 10.1. The summed E-state index contributed by atoms with van der Waals surface area (Å²) in [6.07, 6.45) is 0.420. The summed E-state index contributed by atoms with van der Waals surface area (Å²) < 4.78 is 15.4. The minimum absolute atomic E-state index is 0.203. The zero-order chi connectivity index (χ0) is 22.3. The van der Waals surface area contributed by atoms with E-state index >= 15 is 0 Å². The third kappa shape index (κ3) is 6.75. The molecule has 1 fully saturated rings. The highest BCUT2D eigenvalue weighted by Gasteiger charge is 2.31. The fraction of sp³-hybridized carbons (Fsp3) is 0.524. The van der Waals surface area contributed by atoms with Crippen molar-refractivity contribution >= 4 is 23.9 Å². The summed E-state index contributed by atoms with van der Waals surface area (Å²) >= 11 is 0. The number of nitrogens with one attached hydrogen (secondary N) is 1. The van der Waals surface area contributed by atoms with Gasteiger partial charge in [0.2, 0.25) is 0 Å². The molecule has 0 radical (unpaired) electrons. The van der Waals surface area contributed by atoms with Crippen LogP contribution in [0.1, 0.15) is 44.0 Å². The smallest absolute Gasteiger partial charge is 0.410 e. The molecule has 1 aromatic rings. The van der Waals surface area contributed by atoms with E-state index in [1.165, 1.54) is 13.2 Å². The van der Waals surface area contributed by atoms with Crippen molar-refractivity contribution in [3.8, 4) is 5.75 Å². The number of ether oxygens (including phenoxy) is 3. The molecule has 0 spiro atoms. The lowest BCUT2D eigenvalue weighted by Gasteiger charge is -2.32. The third-order valence-corrected chi connectivity index (χ3v) is 4.43. The van der Waals surface area contributed by atoms with Crippen LogP contribution in [-0.2, 0) is 19.1 Å². The molecule has 1 aliphatic heterocycles. The minimum atomic E-state index is -0.731. The van der Waals surface area contributed by atoms with Crippen molar-refractivity contribution in [2.75, 3.05) is 26.8 Å². The van der Waals surface area contributed by atoms with Crippen molar-refractivity contribution in [3.05, 3.63) is 29.8 Å². The number of rotatable bonds is 5. The maximum absolute atomic E-state index is 12.2. The molecule has 1 aromatic carbocycles. The number of hydrogen-bond acceptors (Lipinski definition) is 7. The Labute approximate surface area is 175 Å². The Kier molecular flexibility index (Phi) is 7.79. The maximum Gasteiger partial charge on any atom is 0.410 e. The first-order chi connectivity index (χ1) is 14.1. The van der Waals surface area contributed by atoms with Crippen LogP contribution in [0.25, 0.3) is 0 Å². The predicted molar refractivity (Wildman–Crippen MR) is 107 cm³/mol. The molecule has 0 atom stereocenters. The van der Waals surface area contributed by atoms with E-state index in [2.05, 4.69) is 5.32 Å². The predicted octanol–water partition coefficient (Wildman–Crippen LogP) is 2.14. The second-order valence-corrected chi connectivity index (χ2v) is 7.93. The van der Waals surface area contributed by atoms with Crippen LogP contribution < -0.4 is 10.1 Å². The summed E-state index contributed by atoms with van der Waals surface area (Å²) in [5.74, 6) is -1.98. The summed E-state index contributed by atoms with van der Waals surface area (Å²) in [5, 5.41) is 2.17. The van der Waals surface area contributed by atoms with Gasteiger partial charge in [-0.2, -0.15) is 0 Å². The van der Waals surface area contributed by atoms with E-state index in [4.69, 9.17) is 14.2 Å². The largest absolute Gasteiger partial charge is 0.496 e. The number of carbonyl (C=O) groups is 4. The van der Waals surface area contributed by atoms with Crippen LogP contribution in [0.4, 0.5) is 4.79 Å². The molecule has 9 heteroatoms. The van der Waals surface area contributed by atoms with Gasteiger partial charge in [0.25, 0.3) is 11.8 Å². The maximum atomic E-state index is 12.2. The van der Waals surface area contributed by atoms with Crippen LogP contribution in [0.2, 0.25) is 0 Å². The number of para-hydroxylation sites is 1. The molecule has 1 heterocycles. The molecule has 2 rings (SSSR count). The third-order valence-electron chi connectivity index (χ3n) is 4.43. The van der Waals surface area contributed by atoms with E-state index in [9.17, 15) is 19.2 Å². The average Bonchev–Trinajstić information content (AvgIpc) is 2.70. The normalized spacial score (nSPS) is 14.6. The number of methoxy groups -OCH3 is 1. The number of imide groups is 1.